The number of nitrogens with zero attached hydrogens (tertiary/aromatic N) is 2. The number of nitrogens with one attached hydrogen (secondary N) is 1. The van der Waals surface area contributed by atoms with E-state index in [1.165, 1.54) is 19.3 Å². The summed E-state index contributed by atoms with van der Waals surface area (Å²) in [6, 6.07) is 8.82. The van der Waals surface area contributed by atoms with Gasteiger partial charge in [0.2, 0.25) is 5.43 Å². The molecule has 1 N–H and O–H groups in total. The number of piperidine rings is 1. The number of anilines is 1. The van der Waals surface area contributed by atoms with Crippen LogP contribution >= 0.6 is 11.6 Å². The first-order chi connectivity index (χ1) is 17.9. The molecule has 1 saturated carbocycles. The summed E-state index contributed by atoms with van der Waals surface area (Å²) >= 11 is 5.94. The predicted molar refractivity (Wildman–Crippen MR) is 145 cm³/mol. The van der Waals surface area contributed by atoms with Crippen LogP contribution in [0.15, 0.2) is 47.4 Å². The number of pyridine rings is 1. The van der Waals surface area contributed by atoms with E-state index in [1.807, 2.05) is 4.57 Å². The normalized spacial score (nSPS) is 21.5. The summed E-state index contributed by atoms with van der Waals surface area (Å²) < 4.78 is 23.5. The molecule has 3 aromatic rings. The number of ketones is 1. The number of ether oxygens (including phenoxy) is 1. The standard InChI is InChI=1S/C29H29ClFN3O3/c1-37-29-26-21(13-23(31)27(29)33-14-18-3-2-12-32-24(18)16-33)28(36)22(15-34(26)20-9-10-20)25(35)11-6-17-4-7-19(30)8-5-17/h4-8,11,13,15,18,20,24,32H,2-3,9-10,12,14,16H2,1H3/b11-6+. The Balaban J connectivity index is 1.45. The van der Waals surface area contributed by atoms with Crippen molar-refractivity contribution in [3.05, 3.63) is 74.8 Å². The van der Waals surface area contributed by atoms with E-state index in [0.29, 0.717) is 40.5 Å². The maximum Gasteiger partial charge on any atom is 0.200 e. The quantitative estimate of drug-likeness (QED) is 0.356. The molecule has 2 saturated heterocycles. The first-order valence-corrected chi connectivity index (χ1v) is 13.2. The smallest absolute Gasteiger partial charge is 0.200 e. The second-order valence-corrected chi connectivity index (χ2v) is 10.7. The zero-order chi connectivity index (χ0) is 25.7. The van der Waals surface area contributed by atoms with E-state index >= 15 is 4.39 Å². The Morgan fingerprint density at radius 1 is 1.19 bits per heavy atom. The maximum absolute atomic E-state index is 15.8. The number of carbonyl (C=O) groups is 1. The Kier molecular flexibility index (Phi) is 6.29. The highest BCUT2D eigenvalue weighted by atomic mass is 35.5. The molecule has 0 bridgehead atoms. The summed E-state index contributed by atoms with van der Waals surface area (Å²) in [5, 5.41) is 4.33. The summed E-state index contributed by atoms with van der Waals surface area (Å²) in [6.45, 7) is 2.43. The Hall–Kier alpha value is -3.16. The zero-order valence-corrected chi connectivity index (χ0v) is 21.4. The number of rotatable bonds is 6. The lowest BCUT2D eigenvalue weighted by atomic mass is 9.94. The molecule has 1 aliphatic carbocycles. The second kappa shape index (κ2) is 9.62. The molecule has 2 unspecified atom stereocenters. The summed E-state index contributed by atoms with van der Waals surface area (Å²) in [4.78, 5) is 28.7. The maximum atomic E-state index is 15.8. The Bertz CT molecular complexity index is 1450. The van der Waals surface area contributed by atoms with E-state index in [0.717, 1.165) is 44.3 Å². The molecule has 0 radical (unpaired) electrons. The molecule has 3 fully saturated rings. The molecule has 2 atom stereocenters. The van der Waals surface area contributed by atoms with Gasteiger partial charge in [-0.25, -0.2) is 4.39 Å². The van der Waals surface area contributed by atoms with Crippen LogP contribution in [-0.2, 0) is 0 Å². The molecular formula is C29H29ClFN3O3. The SMILES string of the molecule is COc1c(N2CC3CCCNC3C2)c(F)cc2c(=O)c(C(=O)/C=C/c3ccc(Cl)cc3)cn(C3CC3)c12. The molecule has 0 amide bonds. The fraction of sp³-hybridized carbons (Fsp3) is 0.379. The average Bonchev–Trinajstić information content (AvgIpc) is 3.66. The summed E-state index contributed by atoms with van der Waals surface area (Å²) in [7, 11) is 1.52. The third-order valence-electron chi connectivity index (χ3n) is 7.82. The van der Waals surface area contributed by atoms with Crippen LogP contribution in [0.4, 0.5) is 10.1 Å². The Labute approximate surface area is 219 Å². The van der Waals surface area contributed by atoms with Crippen molar-refractivity contribution in [2.24, 2.45) is 5.92 Å². The van der Waals surface area contributed by atoms with E-state index in [4.69, 9.17) is 16.3 Å². The minimum Gasteiger partial charge on any atom is -0.492 e. The van der Waals surface area contributed by atoms with E-state index in [2.05, 4.69) is 10.2 Å². The topological polar surface area (TPSA) is 63.6 Å². The van der Waals surface area contributed by atoms with Crippen molar-refractivity contribution in [3.8, 4) is 5.75 Å². The predicted octanol–water partition coefficient (Wildman–Crippen LogP) is 5.22. The van der Waals surface area contributed by atoms with Gasteiger partial charge in [0.05, 0.1) is 23.6 Å². The molecule has 8 heteroatoms. The fourth-order valence-electron chi connectivity index (χ4n) is 5.81. The Morgan fingerprint density at radius 3 is 2.68 bits per heavy atom. The highest BCUT2D eigenvalue weighted by Gasteiger charge is 2.38. The lowest BCUT2D eigenvalue weighted by Crippen LogP contribution is -2.40. The molecule has 3 heterocycles. The fourth-order valence-corrected chi connectivity index (χ4v) is 5.94. The van der Waals surface area contributed by atoms with Gasteiger partial charge in [0.15, 0.2) is 17.3 Å². The van der Waals surface area contributed by atoms with Crippen LogP contribution in [0.2, 0.25) is 5.02 Å². The van der Waals surface area contributed by atoms with Gasteiger partial charge >= 0.3 is 0 Å². The molecule has 37 heavy (non-hydrogen) atoms. The van der Waals surface area contributed by atoms with Crippen LogP contribution < -0.4 is 20.4 Å². The number of allylic oxidation sites excluding steroid dienone is 1. The van der Waals surface area contributed by atoms with Crippen molar-refractivity contribution >= 4 is 40.1 Å². The molecule has 6 nitrogen and oxygen atoms in total. The van der Waals surface area contributed by atoms with E-state index in [9.17, 15) is 9.59 Å². The lowest BCUT2D eigenvalue weighted by molar-refractivity contribution is 0.104. The van der Waals surface area contributed by atoms with Gasteiger partial charge in [-0.05, 0) is 68.0 Å². The van der Waals surface area contributed by atoms with Crippen molar-refractivity contribution in [2.45, 2.75) is 37.8 Å². The Morgan fingerprint density at radius 2 is 1.97 bits per heavy atom. The number of aromatic nitrogens is 1. The molecule has 2 aromatic carbocycles. The van der Waals surface area contributed by atoms with Gasteiger partial charge in [-0.2, -0.15) is 0 Å². The molecule has 192 valence electrons. The van der Waals surface area contributed by atoms with Crippen molar-refractivity contribution < 1.29 is 13.9 Å². The molecule has 0 spiro atoms. The van der Waals surface area contributed by atoms with Crippen molar-refractivity contribution in [1.29, 1.82) is 0 Å². The largest absolute Gasteiger partial charge is 0.492 e. The molecule has 6 rings (SSSR count). The van der Waals surface area contributed by atoms with Crippen LogP contribution in [0, 0.1) is 11.7 Å². The number of hydrogen-bond acceptors (Lipinski definition) is 5. The highest BCUT2D eigenvalue weighted by molar-refractivity contribution is 6.30. The molecule has 1 aromatic heterocycles. The molecule has 3 aliphatic rings. The van der Waals surface area contributed by atoms with Crippen LogP contribution in [0.5, 0.6) is 5.75 Å². The monoisotopic (exact) mass is 521 g/mol. The summed E-state index contributed by atoms with van der Waals surface area (Å²) in [6.07, 6.45) is 8.76. The van der Waals surface area contributed by atoms with Crippen LogP contribution in [0.3, 0.4) is 0 Å². The van der Waals surface area contributed by atoms with Crippen LogP contribution in [0.25, 0.3) is 17.0 Å². The zero-order valence-electron chi connectivity index (χ0n) is 20.7. The minimum atomic E-state index is -0.497. The first-order valence-electron chi connectivity index (χ1n) is 12.9. The lowest BCUT2D eigenvalue weighted by Gasteiger charge is -2.25. The summed E-state index contributed by atoms with van der Waals surface area (Å²) in [5.41, 5.74) is 1.29. The number of carbonyl (C=O) groups excluding carboxylic acids is 1. The average molecular weight is 522 g/mol. The third kappa shape index (κ3) is 4.44. The van der Waals surface area contributed by atoms with Gasteiger partial charge in [-0.1, -0.05) is 29.8 Å². The minimum absolute atomic E-state index is 0.0233. The van der Waals surface area contributed by atoms with Gasteiger partial charge in [0, 0.05) is 36.4 Å². The van der Waals surface area contributed by atoms with Crippen molar-refractivity contribution in [2.75, 3.05) is 31.6 Å². The third-order valence-corrected chi connectivity index (χ3v) is 8.07. The van der Waals surface area contributed by atoms with E-state index in [-0.39, 0.29) is 17.0 Å². The number of benzene rings is 2. The van der Waals surface area contributed by atoms with E-state index in [1.54, 1.807) is 36.5 Å². The number of halogens is 2. The van der Waals surface area contributed by atoms with Crippen molar-refractivity contribution in [1.82, 2.24) is 9.88 Å². The molecule has 2 aliphatic heterocycles. The van der Waals surface area contributed by atoms with Gasteiger partial charge in [-0.3, -0.25) is 9.59 Å². The van der Waals surface area contributed by atoms with Gasteiger partial charge in [0.1, 0.15) is 5.69 Å². The van der Waals surface area contributed by atoms with Crippen LogP contribution in [0.1, 0.15) is 47.6 Å². The number of methoxy groups -OCH3 is 1. The van der Waals surface area contributed by atoms with Crippen LogP contribution in [-0.4, -0.2) is 43.1 Å². The number of hydrogen-bond donors (Lipinski definition) is 1. The summed E-state index contributed by atoms with van der Waals surface area (Å²) in [5.74, 6) is -0.0851. The van der Waals surface area contributed by atoms with Gasteiger partial charge in [0.25, 0.3) is 0 Å². The molecular weight excluding hydrogens is 493 g/mol. The second-order valence-electron chi connectivity index (χ2n) is 10.3. The van der Waals surface area contributed by atoms with Gasteiger partial charge in [-0.15, -0.1) is 0 Å². The first kappa shape index (κ1) is 24.2. The van der Waals surface area contributed by atoms with Gasteiger partial charge < -0.3 is 19.5 Å². The van der Waals surface area contributed by atoms with Crippen molar-refractivity contribution in [3.63, 3.8) is 0 Å². The highest BCUT2D eigenvalue weighted by Crippen LogP contribution is 2.45. The van der Waals surface area contributed by atoms with E-state index < -0.39 is 17.0 Å². The number of fused-ring (bicyclic) bond motifs is 2.